The highest BCUT2D eigenvalue weighted by atomic mass is 15.3. The molecule has 0 aromatic heterocycles. The van der Waals surface area contributed by atoms with E-state index in [0.29, 0.717) is 18.1 Å². The van der Waals surface area contributed by atoms with Crippen LogP contribution in [-0.2, 0) is 19.4 Å². The Balaban J connectivity index is 1.58. The van der Waals surface area contributed by atoms with E-state index >= 15 is 0 Å². The second-order valence-corrected chi connectivity index (χ2v) is 6.71. The third-order valence-corrected chi connectivity index (χ3v) is 5.50. The van der Waals surface area contributed by atoms with Crippen molar-refractivity contribution >= 4 is 0 Å². The topological polar surface area (TPSA) is 15.3 Å². The second kappa shape index (κ2) is 4.43. The molecule has 2 heteroatoms. The number of nitrogens with one attached hydrogen (secondary N) is 1. The molecule has 2 bridgehead atoms. The summed E-state index contributed by atoms with van der Waals surface area (Å²) in [6.07, 6.45) is 2.35. The SMILES string of the molecule is c1ccc2c(c1)CC1C3NC(Cc4ccccc43)CN1C2. The summed E-state index contributed by atoms with van der Waals surface area (Å²) in [6, 6.07) is 19.7. The molecular formula is C19H20N2. The number of benzene rings is 2. The van der Waals surface area contributed by atoms with Gasteiger partial charge in [0.15, 0.2) is 0 Å². The summed E-state index contributed by atoms with van der Waals surface area (Å²) >= 11 is 0. The predicted octanol–water partition coefficient (Wildman–Crippen LogP) is 2.68. The molecule has 3 unspecified atom stereocenters. The van der Waals surface area contributed by atoms with Gasteiger partial charge in [-0.15, -0.1) is 0 Å². The molecule has 1 N–H and O–H groups in total. The van der Waals surface area contributed by atoms with Gasteiger partial charge in [0.2, 0.25) is 0 Å². The van der Waals surface area contributed by atoms with E-state index < -0.39 is 0 Å². The summed E-state index contributed by atoms with van der Waals surface area (Å²) in [7, 11) is 0. The first kappa shape index (κ1) is 12.0. The summed E-state index contributed by atoms with van der Waals surface area (Å²) < 4.78 is 0. The minimum atomic E-state index is 0.502. The molecule has 0 saturated carbocycles. The Hall–Kier alpha value is -1.64. The van der Waals surface area contributed by atoms with Crippen LogP contribution in [0, 0.1) is 0 Å². The van der Waals surface area contributed by atoms with E-state index in [0.717, 1.165) is 6.54 Å². The van der Waals surface area contributed by atoms with E-state index in [4.69, 9.17) is 0 Å². The molecule has 1 saturated heterocycles. The van der Waals surface area contributed by atoms with Crippen LogP contribution in [0.25, 0.3) is 0 Å². The average molecular weight is 276 g/mol. The fourth-order valence-corrected chi connectivity index (χ4v) is 4.54. The Morgan fingerprint density at radius 3 is 2.52 bits per heavy atom. The van der Waals surface area contributed by atoms with Crippen LogP contribution >= 0.6 is 0 Å². The molecule has 0 spiro atoms. The van der Waals surface area contributed by atoms with Crippen molar-refractivity contribution in [1.82, 2.24) is 10.2 Å². The zero-order valence-corrected chi connectivity index (χ0v) is 12.1. The Morgan fingerprint density at radius 1 is 0.857 bits per heavy atom. The van der Waals surface area contributed by atoms with Crippen LogP contribution in [0.4, 0.5) is 0 Å². The number of hydrogen-bond donors (Lipinski definition) is 1. The van der Waals surface area contributed by atoms with Gasteiger partial charge in [0.25, 0.3) is 0 Å². The van der Waals surface area contributed by atoms with Gasteiger partial charge in [-0.3, -0.25) is 4.90 Å². The van der Waals surface area contributed by atoms with Gasteiger partial charge in [-0.05, 0) is 35.1 Å². The number of nitrogens with zero attached hydrogens (tertiary/aromatic N) is 1. The Labute approximate surface area is 125 Å². The summed E-state index contributed by atoms with van der Waals surface area (Å²) in [4.78, 5) is 2.71. The molecule has 3 aliphatic rings. The molecule has 106 valence electrons. The van der Waals surface area contributed by atoms with Crippen molar-refractivity contribution in [3.8, 4) is 0 Å². The highest BCUT2D eigenvalue weighted by Gasteiger charge is 2.42. The van der Waals surface area contributed by atoms with Crippen molar-refractivity contribution in [2.45, 2.75) is 37.5 Å². The summed E-state index contributed by atoms with van der Waals surface area (Å²) in [5, 5.41) is 3.90. The van der Waals surface area contributed by atoms with Crippen LogP contribution in [0.2, 0.25) is 0 Å². The van der Waals surface area contributed by atoms with E-state index in [9.17, 15) is 0 Å². The van der Waals surface area contributed by atoms with Crippen LogP contribution in [0.3, 0.4) is 0 Å². The summed E-state index contributed by atoms with van der Waals surface area (Å²) in [6.45, 7) is 2.31. The Kier molecular flexibility index (Phi) is 2.52. The maximum Gasteiger partial charge on any atom is 0.0486 e. The van der Waals surface area contributed by atoms with Crippen molar-refractivity contribution in [2.75, 3.05) is 6.54 Å². The van der Waals surface area contributed by atoms with Gasteiger partial charge in [-0.1, -0.05) is 48.5 Å². The monoisotopic (exact) mass is 276 g/mol. The van der Waals surface area contributed by atoms with E-state index in [-0.39, 0.29) is 0 Å². The minimum absolute atomic E-state index is 0.502. The standard InChI is InChI=1S/C19H20N2/c1-2-7-15-11-21-12-16-9-14-6-3-4-8-17(14)19(20-16)18(21)10-13(15)5-1/h1-8,16,18-20H,9-12H2. The zero-order valence-electron chi connectivity index (χ0n) is 12.1. The quantitative estimate of drug-likeness (QED) is 0.796. The number of hydrogen-bond acceptors (Lipinski definition) is 2. The van der Waals surface area contributed by atoms with Crippen molar-refractivity contribution in [3.05, 3.63) is 70.8 Å². The van der Waals surface area contributed by atoms with Gasteiger partial charge < -0.3 is 5.32 Å². The molecule has 1 fully saturated rings. The van der Waals surface area contributed by atoms with Crippen LogP contribution in [0.5, 0.6) is 0 Å². The fraction of sp³-hybridized carbons (Fsp3) is 0.368. The number of fused-ring (bicyclic) bond motifs is 7. The lowest BCUT2D eigenvalue weighted by atomic mass is 9.78. The maximum atomic E-state index is 3.90. The average Bonchev–Trinajstić information content (AvgIpc) is 2.53. The Morgan fingerprint density at radius 2 is 1.62 bits per heavy atom. The molecule has 21 heavy (non-hydrogen) atoms. The van der Waals surface area contributed by atoms with Gasteiger partial charge in [0.05, 0.1) is 0 Å². The van der Waals surface area contributed by atoms with Crippen molar-refractivity contribution < 1.29 is 0 Å². The van der Waals surface area contributed by atoms with Crippen molar-refractivity contribution in [3.63, 3.8) is 0 Å². The van der Waals surface area contributed by atoms with Crippen LogP contribution in [0.15, 0.2) is 48.5 Å². The first-order valence-electron chi connectivity index (χ1n) is 8.03. The molecule has 3 aliphatic heterocycles. The van der Waals surface area contributed by atoms with Crippen LogP contribution in [-0.4, -0.2) is 23.5 Å². The first-order valence-corrected chi connectivity index (χ1v) is 8.03. The molecule has 0 aliphatic carbocycles. The fourth-order valence-electron chi connectivity index (χ4n) is 4.54. The van der Waals surface area contributed by atoms with E-state index in [1.807, 2.05) is 0 Å². The van der Waals surface area contributed by atoms with Crippen molar-refractivity contribution in [1.29, 1.82) is 0 Å². The lowest BCUT2D eigenvalue weighted by molar-refractivity contribution is 0.0642. The lowest BCUT2D eigenvalue weighted by Gasteiger charge is -2.51. The second-order valence-electron chi connectivity index (χ2n) is 6.71. The predicted molar refractivity (Wildman–Crippen MR) is 84.2 cm³/mol. The Bertz CT molecular complexity index is 693. The largest absolute Gasteiger partial charge is 0.304 e. The lowest BCUT2D eigenvalue weighted by Crippen LogP contribution is -2.62. The molecule has 3 atom stereocenters. The maximum absolute atomic E-state index is 3.90. The van der Waals surface area contributed by atoms with Crippen LogP contribution < -0.4 is 5.32 Å². The zero-order chi connectivity index (χ0) is 13.8. The molecule has 3 heterocycles. The van der Waals surface area contributed by atoms with Crippen LogP contribution in [0.1, 0.15) is 28.3 Å². The molecule has 2 aromatic rings. The molecular weight excluding hydrogens is 256 g/mol. The highest BCUT2D eigenvalue weighted by Crippen LogP contribution is 2.38. The normalized spacial score (nSPS) is 30.2. The number of rotatable bonds is 0. The third-order valence-electron chi connectivity index (χ3n) is 5.50. The van der Waals surface area contributed by atoms with Crippen molar-refractivity contribution in [2.24, 2.45) is 0 Å². The van der Waals surface area contributed by atoms with Gasteiger partial charge in [-0.2, -0.15) is 0 Å². The minimum Gasteiger partial charge on any atom is -0.304 e. The molecule has 0 radical (unpaired) electrons. The van der Waals surface area contributed by atoms with Gasteiger partial charge in [-0.25, -0.2) is 0 Å². The first-order chi connectivity index (χ1) is 10.4. The molecule has 5 rings (SSSR count). The molecule has 2 aromatic carbocycles. The third kappa shape index (κ3) is 1.79. The van der Waals surface area contributed by atoms with Gasteiger partial charge in [0, 0.05) is 31.2 Å². The van der Waals surface area contributed by atoms with E-state index in [2.05, 4.69) is 58.7 Å². The van der Waals surface area contributed by atoms with E-state index in [1.165, 1.54) is 30.5 Å². The van der Waals surface area contributed by atoms with Gasteiger partial charge in [0.1, 0.15) is 0 Å². The summed E-state index contributed by atoms with van der Waals surface area (Å²) in [5.74, 6) is 0. The van der Waals surface area contributed by atoms with E-state index in [1.54, 1.807) is 11.1 Å². The highest BCUT2D eigenvalue weighted by molar-refractivity contribution is 5.38. The smallest absolute Gasteiger partial charge is 0.0486 e. The number of piperazine rings is 1. The van der Waals surface area contributed by atoms with Gasteiger partial charge >= 0.3 is 0 Å². The summed E-state index contributed by atoms with van der Waals surface area (Å²) in [5.41, 5.74) is 6.16. The molecule has 0 amide bonds. The molecule has 2 nitrogen and oxygen atoms in total.